The second-order valence-electron chi connectivity index (χ2n) is 3.76. The highest BCUT2D eigenvalue weighted by molar-refractivity contribution is 9.10. The van der Waals surface area contributed by atoms with Crippen LogP contribution in [0.3, 0.4) is 0 Å². The first-order chi connectivity index (χ1) is 7.13. The van der Waals surface area contributed by atoms with Crippen molar-refractivity contribution in [2.75, 3.05) is 0 Å². The van der Waals surface area contributed by atoms with Crippen LogP contribution in [-0.2, 0) is 13.5 Å². The van der Waals surface area contributed by atoms with E-state index < -0.39 is 0 Å². The van der Waals surface area contributed by atoms with E-state index in [9.17, 15) is 0 Å². The zero-order valence-corrected chi connectivity index (χ0v) is 10.8. The first kappa shape index (κ1) is 10.6. The molecule has 80 valence electrons. The van der Waals surface area contributed by atoms with Gasteiger partial charge in [0.05, 0.1) is 11.1 Å². The molecule has 0 aliphatic rings. The average molecular weight is 268 g/mol. The van der Waals surface area contributed by atoms with Gasteiger partial charge in [0.25, 0.3) is 0 Å². The lowest BCUT2D eigenvalue weighted by Gasteiger charge is -2.02. The second kappa shape index (κ2) is 3.93. The van der Waals surface area contributed by atoms with Crippen molar-refractivity contribution in [3.05, 3.63) is 22.2 Å². The van der Waals surface area contributed by atoms with Crippen molar-refractivity contribution in [3.8, 4) is 0 Å². The molecular weight excluding hydrogens is 254 g/mol. The normalized spacial score (nSPS) is 11.2. The van der Waals surface area contributed by atoms with Gasteiger partial charge in [-0.2, -0.15) is 0 Å². The third-order valence-corrected chi connectivity index (χ3v) is 3.07. The third-order valence-electron chi connectivity index (χ3n) is 2.47. The molecule has 0 saturated carbocycles. The van der Waals surface area contributed by atoms with E-state index in [2.05, 4.69) is 32.8 Å². The summed E-state index contributed by atoms with van der Waals surface area (Å²) >= 11 is 3.53. The summed E-state index contributed by atoms with van der Waals surface area (Å²) in [6, 6.07) is 0. The van der Waals surface area contributed by atoms with Crippen molar-refractivity contribution < 1.29 is 0 Å². The van der Waals surface area contributed by atoms with Gasteiger partial charge in [-0.05, 0) is 29.3 Å². The summed E-state index contributed by atoms with van der Waals surface area (Å²) in [5.41, 5.74) is 2.06. The van der Waals surface area contributed by atoms with Gasteiger partial charge in [-0.15, -0.1) is 0 Å². The molecule has 0 aromatic carbocycles. The molecule has 2 rings (SSSR count). The van der Waals surface area contributed by atoms with Gasteiger partial charge in [0, 0.05) is 24.1 Å². The molecule has 0 saturated heterocycles. The first-order valence-corrected chi connectivity index (χ1v) is 5.90. The molecule has 0 fully saturated rings. The van der Waals surface area contributed by atoms with Crippen molar-refractivity contribution in [3.63, 3.8) is 0 Å². The Hall–Kier alpha value is -0.900. The van der Waals surface area contributed by atoms with Crippen LogP contribution in [-0.4, -0.2) is 14.5 Å². The fourth-order valence-corrected chi connectivity index (χ4v) is 2.55. The molecule has 2 aromatic heterocycles. The van der Waals surface area contributed by atoms with Crippen LogP contribution in [0.15, 0.2) is 10.7 Å². The molecule has 0 aliphatic heterocycles. The molecule has 0 atom stereocenters. The number of aromatic nitrogens is 3. The molecule has 0 amide bonds. The highest BCUT2D eigenvalue weighted by Gasteiger charge is 2.10. The summed E-state index contributed by atoms with van der Waals surface area (Å²) in [5, 5.41) is 1.12. The van der Waals surface area contributed by atoms with Gasteiger partial charge in [0.1, 0.15) is 11.5 Å². The van der Waals surface area contributed by atoms with E-state index in [1.54, 1.807) is 0 Å². The van der Waals surface area contributed by atoms with Crippen LogP contribution in [0.1, 0.15) is 24.9 Å². The topological polar surface area (TPSA) is 30.7 Å². The molecule has 0 radical (unpaired) electrons. The van der Waals surface area contributed by atoms with E-state index in [1.165, 1.54) is 0 Å². The Morgan fingerprint density at radius 1 is 1.40 bits per heavy atom. The predicted molar refractivity (Wildman–Crippen MR) is 64.9 cm³/mol. The van der Waals surface area contributed by atoms with Crippen LogP contribution in [0, 0.1) is 6.92 Å². The number of hydrogen-bond donors (Lipinski definition) is 0. The minimum Gasteiger partial charge on any atom is -0.334 e. The molecule has 0 unspecified atom stereocenters. The fourth-order valence-electron chi connectivity index (χ4n) is 1.78. The van der Waals surface area contributed by atoms with E-state index in [-0.39, 0.29) is 0 Å². The van der Waals surface area contributed by atoms with Gasteiger partial charge in [0.15, 0.2) is 0 Å². The van der Waals surface area contributed by atoms with Crippen LogP contribution >= 0.6 is 15.9 Å². The Morgan fingerprint density at radius 2 is 2.13 bits per heavy atom. The van der Waals surface area contributed by atoms with E-state index in [4.69, 9.17) is 0 Å². The molecule has 2 aromatic rings. The molecule has 0 bridgehead atoms. The van der Waals surface area contributed by atoms with Crippen LogP contribution < -0.4 is 0 Å². The first-order valence-electron chi connectivity index (χ1n) is 5.11. The molecule has 3 nitrogen and oxygen atoms in total. The average Bonchev–Trinajstić information content (AvgIpc) is 2.43. The van der Waals surface area contributed by atoms with Crippen LogP contribution in [0.5, 0.6) is 0 Å². The van der Waals surface area contributed by atoms with Crippen LogP contribution in [0.2, 0.25) is 0 Å². The van der Waals surface area contributed by atoms with Crippen LogP contribution in [0.4, 0.5) is 0 Å². The zero-order chi connectivity index (χ0) is 11.0. The lowest BCUT2D eigenvalue weighted by Crippen LogP contribution is -1.99. The third kappa shape index (κ3) is 1.78. The number of halogens is 1. The summed E-state index contributed by atoms with van der Waals surface area (Å²) in [4.78, 5) is 9.08. The minimum atomic E-state index is 0.941. The number of nitrogens with zero attached hydrogens (tertiary/aromatic N) is 3. The van der Waals surface area contributed by atoms with Crippen LogP contribution in [0.25, 0.3) is 11.0 Å². The van der Waals surface area contributed by atoms with E-state index >= 15 is 0 Å². The highest BCUT2D eigenvalue weighted by Crippen LogP contribution is 2.26. The molecule has 4 heteroatoms. The van der Waals surface area contributed by atoms with Crippen molar-refractivity contribution in [2.24, 2.45) is 7.05 Å². The predicted octanol–water partition coefficient (Wildman–Crippen LogP) is 2.99. The summed E-state index contributed by atoms with van der Waals surface area (Å²) in [5.74, 6) is 0.941. The number of hydrogen-bond acceptors (Lipinski definition) is 2. The van der Waals surface area contributed by atoms with Crippen molar-refractivity contribution in [2.45, 2.75) is 26.7 Å². The SMILES string of the molecule is CCCc1nc(C)c2c(Br)cn(C)c2n1. The minimum absolute atomic E-state index is 0.941. The Bertz CT molecular complexity index is 502. The van der Waals surface area contributed by atoms with E-state index in [1.807, 2.05) is 24.7 Å². The molecule has 15 heavy (non-hydrogen) atoms. The van der Waals surface area contributed by atoms with Crippen molar-refractivity contribution in [1.29, 1.82) is 0 Å². The lowest BCUT2D eigenvalue weighted by molar-refractivity contribution is 0.824. The number of aryl methyl sites for hydroxylation is 3. The van der Waals surface area contributed by atoms with Gasteiger partial charge in [-0.1, -0.05) is 6.92 Å². The summed E-state index contributed by atoms with van der Waals surface area (Å²) in [7, 11) is 2.01. The van der Waals surface area contributed by atoms with Gasteiger partial charge in [-0.25, -0.2) is 9.97 Å². The summed E-state index contributed by atoms with van der Waals surface area (Å²) < 4.78 is 3.10. The number of rotatable bonds is 2. The van der Waals surface area contributed by atoms with Gasteiger partial charge < -0.3 is 4.57 Å². The van der Waals surface area contributed by atoms with E-state index in [0.29, 0.717) is 0 Å². The largest absolute Gasteiger partial charge is 0.334 e. The van der Waals surface area contributed by atoms with Crippen molar-refractivity contribution in [1.82, 2.24) is 14.5 Å². The van der Waals surface area contributed by atoms with Gasteiger partial charge in [0.2, 0.25) is 0 Å². The molecule has 0 aliphatic carbocycles. The lowest BCUT2D eigenvalue weighted by atomic mass is 10.2. The maximum Gasteiger partial charge on any atom is 0.144 e. The smallest absolute Gasteiger partial charge is 0.144 e. The standard InChI is InChI=1S/C11H14BrN3/c1-4-5-9-13-7(2)10-8(12)6-15(3)11(10)14-9/h6H,4-5H2,1-3H3. The van der Waals surface area contributed by atoms with Crippen molar-refractivity contribution >= 4 is 27.0 Å². The molecular formula is C11H14BrN3. The molecule has 2 heterocycles. The zero-order valence-electron chi connectivity index (χ0n) is 9.21. The Balaban J connectivity index is 2.70. The maximum absolute atomic E-state index is 4.57. The Kier molecular flexibility index (Phi) is 2.78. The highest BCUT2D eigenvalue weighted by atomic mass is 79.9. The Labute approximate surface area is 97.7 Å². The fraction of sp³-hybridized carbons (Fsp3) is 0.455. The number of fused-ring (bicyclic) bond motifs is 1. The molecule has 0 N–H and O–H groups in total. The molecule has 0 spiro atoms. The monoisotopic (exact) mass is 267 g/mol. The summed E-state index contributed by atoms with van der Waals surface area (Å²) in [6.07, 6.45) is 4.05. The van der Waals surface area contributed by atoms with Gasteiger partial charge in [-0.3, -0.25) is 0 Å². The Morgan fingerprint density at radius 3 is 2.80 bits per heavy atom. The second-order valence-corrected chi connectivity index (χ2v) is 4.62. The van der Waals surface area contributed by atoms with Gasteiger partial charge >= 0.3 is 0 Å². The van der Waals surface area contributed by atoms with E-state index in [0.717, 1.165) is 39.9 Å². The maximum atomic E-state index is 4.57. The quantitative estimate of drug-likeness (QED) is 0.838. The summed E-state index contributed by atoms with van der Waals surface area (Å²) in [6.45, 7) is 4.18.